The molecular weight excluding hydrogens is 297 g/mol. The highest BCUT2D eigenvalue weighted by Crippen LogP contribution is 2.24. The number of nitrogens with zero attached hydrogens (tertiary/aromatic N) is 1. The summed E-state index contributed by atoms with van der Waals surface area (Å²) >= 11 is 0. The summed E-state index contributed by atoms with van der Waals surface area (Å²) in [5.41, 5.74) is 0.0965. The molecule has 21 heavy (non-hydrogen) atoms. The Hall–Kier alpha value is -2.35. The lowest BCUT2D eigenvalue weighted by Gasteiger charge is -2.11. The Morgan fingerprint density at radius 3 is 2.67 bits per heavy atom. The molecule has 112 valence electrons. The van der Waals surface area contributed by atoms with Gasteiger partial charge >= 0.3 is 0 Å². The lowest BCUT2D eigenvalue weighted by atomic mass is 10.3. The second kappa shape index (κ2) is 5.96. The van der Waals surface area contributed by atoms with Gasteiger partial charge < -0.3 is 10.1 Å². The van der Waals surface area contributed by atoms with Gasteiger partial charge in [-0.1, -0.05) is 0 Å². The Morgan fingerprint density at radius 2 is 2.05 bits per heavy atom. The van der Waals surface area contributed by atoms with E-state index in [4.69, 9.17) is 4.74 Å². The first-order chi connectivity index (χ1) is 9.97. The number of hydrogen-bond acceptors (Lipinski definition) is 5. The molecule has 0 bridgehead atoms. The molecule has 0 amide bonds. The van der Waals surface area contributed by atoms with Crippen LogP contribution in [-0.2, 0) is 10.0 Å². The smallest absolute Gasteiger partial charge is 0.265 e. The Morgan fingerprint density at radius 1 is 1.29 bits per heavy atom. The Labute approximate surface area is 122 Å². The summed E-state index contributed by atoms with van der Waals surface area (Å²) in [6.45, 7) is 0. The van der Waals surface area contributed by atoms with Gasteiger partial charge in [0.05, 0.1) is 12.8 Å². The summed E-state index contributed by atoms with van der Waals surface area (Å²) in [4.78, 5) is 3.90. The first-order valence-corrected chi connectivity index (χ1v) is 7.45. The van der Waals surface area contributed by atoms with Crippen LogP contribution in [0, 0.1) is 5.82 Å². The van der Waals surface area contributed by atoms with Crippen molar-refractivity contribution in [3.63, 3.8) is 0 Å². The predicted molar refractivity (Wildman–Crippen MR) is 77.5 cm³/mol. The van der Waals surface area contributed by atoms with Gasteiger partial charge in [0.15, 0.2) is 11.6 Å². The van der Waals surface area contributed by atoms with Crippen LogP contribution in [-0.4, -0.2) is 27.6 Å². The minimum atomic E-state index is -3.87. The van der Waals surface area contributed by atoms with Crippen LogP contribution in [0.25, 0.3) is 0 Å². The standard InChI is InChI=1S/C13H14FN3O3S/c1-15-13-12(4-3-7-16-13)21(18,19)17-9-5-6-11(20-2)10(14)8-9/h3-8,17H,1-2H3,(H,15,16). The molecule has 0 aliphatic rings. The highest BCUT2D eigenvalue weighted by atomic mass is 32.2. The average Bonchev–Trinajstić information content (AvgIpc) is 2.47. The molecule has 2 rings (SSSR count). The molecule has 1 heterocycles. The summed E-state index contributed by atoms with van der Waals surface area (Å²) in [6.07, 6.45) is 1.47. The summed E-state index contributed by atoms with van der Waals surface area (Å²) in [7, 11) is -0.981. The maximum atomic E-state index is 13.6. The van der Waals surface area contributed by atoms with Crippen LogP contribution in [0.3, 0.4) is 0 Å². The maximum absolute atomic E-state index is 13.6. The van der Waals surface area contributed by atoms with Gasteiger partial charge in [-0.2, -0.15) is 0 Å². The van der Waals surface area contributed by atoms with Crippen LogP contribution >= 0.6 is 0 Å². The summed E-state index contributed by atoms with van der Waals surface area (Å²) < 4.78 is 45.3. The quantitative estimate of drug-likeness (QED) is 0.883. The van der Waals surface area contributed by atoms with Gasteiger partial charge in [-0.05, 0) is 24.3 Å². The Kier molecular flexibility index (Phi) is 4.27. The van der Waals surface area contributed by atoms with Gasteiger partial charge in [0, 0.05) is 19.3 Å². The lowest BCUT2D eigenvalue weighted by molar-refractivity contribution is 0.386. The summed E-state index contributed by atoms with van der Waals surface area (Å²) in [5, 5.41) is 2.69. The van der Waals surface area contributed by atoms with E-state index in [0.29, 0.717) is 0 Å². The molecule has 0 saturated heterocycles. The number of nitrogens with one attached hydrogen (secondary N) is 2. The zero-order chi connectivity index (χ0) is 15.5. The van der Waals surface area contributed by atoms with E-state index < -0.39 is 15.8 Å². The maximum Gasteiger partial charge on any atom is 0.265 e. The van der Waals surface area contributed by atoms with Crippen molar-refractivity contribution in [3.8, 4) is 5.75 Å². The molecule has 2 N–H and O–H groups in total. The van der Waals surface area contributed by atoms with Gasteiger partial charge in [0.1, 0.15) is 10.7 Å². The third kappa shape index (κ3) is 3.22. The molecule has 0 aliphatic heterocycles. The molecule has 0 aliphatic carbocycles. The second-order valence-corrected chi connectivity index (χ2v) is 5.71. The molecule has 0 fully saturated rings. The Balaban J connectivity index is 2.35. The summed E-state index contributed by atoms with van der Waals surface area (Å²) in [5.74, 6) is -0.410. The van der Waals surface area contributed by atoms with E-state index in [1.807, 2.05) is 0 Å². The minimum Gasteiger partial charge on any atom is -0.494 e. The third-order valence-electron chi connectivity index (χ3n) is 2.70. The number of anilines is 2. The first kappa shape index (κ1) is 15.0. The molecule has 0 atom stereocenters. The second-order valence-electron chi connectivity index (χ2n) is 4.05. The molecule has 6 nitrogen and oxygen atoms in total. The number of aromatic nitrogens is 1. The zero-order valence-electron chi connectivity index (χ0n) is 11.4. The van der Waals surface area contributed by atoms with E-state index in [2.05, 4.69) is 15.0 Å². The number of rotatable bonds is 5. The highest BCUT2D eigenvalue weighted by Gasteiger charge is 2.19. The molecular formula is C13H14FN3O3S. The molecule has 1 aromatic carbocycles. The lowest BCUT2D eigenvalue weighted by Crippen LogP contribution is -2.15. The van der Waals surface area contributed by atoms with Crippen LogP contribution < -0.4 is 14.8 Å². The van der Waals surface area contributed by atoms with Crippen LogP contribution in [0.1, 0.15) is 0 Å². The fourth-order valence-electron chi connectivity index (χ4n) is 1.74. The van der Waals surface area contributed by atoms with E-state index in [-0.39, 0.29) is 22.2 Å². The largest absolute Gasteiger partial charge is 0.494 e. The van der Waals surface area contributed by atoms with Crippen molar-refractivity contribution >= 4 is 21.5 Å². The van der Waals surface area contributed by atoms with Crippen molar-refractivity contribution in [1.29, 1.82) is 0 Å². The van der Waals surface area contributed by atoms with Crippen molar-refractivity contribution in [2.45, 2.75) is 4.90 Å². The number of sulfonamides is 1. The number of methoxy groups -OCH3 is 1. The number of ether oxygens (including phenoxy) is 1. The monoisotopic (exact) mass is 311 g/mol. The Bertz CT molecular complexity index is 750. The van der Waals surface area contributed by atoms with Crippen molar-refractivity contribution in [2.75, 3.05) is 24.2 Å². The number of halogens is 1. The molecule has 0 spiro atoms. The normalized spacial score (nSPS) is 11.0. The average molecular weight is 311 g/mol. The minimum absolute atomic E-state index is 0.0243. The topological polar surface area (TPSA) is 80.3 Å². The zero-order valence-corrected chi connectivity index (χ0v) is 12.2. The third-order valence-corrected chi connectivity index (χ3v) is 4.11. The van der Waals surface area contributed by atoms with Gasteiger partial charge in [-0.25, -0.2) is 17.8 Å². The van der Waals surface area contributed by atoms with Crippen molar-refractivity contribution in [1.82, 2.24) is 4.98 Å². The fraction of sp³-hybridized carbons (Fsp3) is 0.154. The van der Waals surface area contributed by atoms with Gasteiger partial charge in [0.2, 0.25) is 0 Å². The number of benzene rings is 1. The van der Waals surface area contributed by atoms with E-state index in [0.717, 1.165) is 6.07 Å². The van der Waals surface area contributed by atoms with Crippen LogP contribution in [0.5, 0.6) is 5.75 Å². The molecule has 0 radical (unpaired) electrons. The number of hydrogen-bond donors (Lipinski definition) is 2. The van der Waals surface area contributed by atoms with Crippen LogP contribution in [0.4, 0.5) is 15.9 Å². The molecule has 0 saturated carbocycles. The molecule has 0 unspecified atom stereocenters. The van der Waals surface area contributed by atoms with Crippen LogP contribution in [0.15, 0.2) is 41.4 Å². The first-order valence-electron chi connectivity index (χ1n) is 5.97. The fourth-order valence-corrected chi connectivity index (χ4v) is 2.95. The van der Waals surface area contributed by atoms with E-state index in [1.54, 1.807) is 7.05 Å². The van der Waals surface area contributed by atoms with E-state index in [9.17, 15) is 12.8 Å². The van der Waals surface area contributed by atoms with Crippen molar-refractivity contribution in [3.05, 3.63) is 42.3 Å². The summed E-state index contributed by atoms with van der Waals surface area (Å²) in [6, 6.07) is 6.71. The van der Waals surface area contributed by atoms with E-state index >= 15 is 0 Å². The van der Waals surface area contributed by atoms with Gasteiger partial charge in [0.25, 0.3) is 10.0 Å². The van der Waals surface area contributed by atoms with Gasteiger partial charge in [-0.15, -0.1) is 0 Å². The van der Waals surface area contributed by atoms with Gasteiger partial charge in [-0.3, -0.25) is 4.72 Å². The van der Waals surface area contributed by atoms with Crippen molar-refractivity contribution in [2.24, 2.45) is 0 Å². The highest BCUT2D eigenvalue weighted by molar-refractivity contribution is 7.92. The molecule has 1 aromatic heterocycles. The SMILES string of the molecule is CNc1ncccc1S(=O)(=O)Nc1ccc(OC)c(F)c1. The molecule has 8 heteroatoms. The molecule has 2 aromatic rings. The predicted octanol–water partition coefficient (Wildman–Crippen LogP) is 2.07. The number of pyridine rings is 1. The van der Waals surface area contributed by atoms with E-state index in [1.165, 1.54) is 37.6 Å². The van der Waals surface area contributed by atoms with Crippen molar-refractivity contribution < 1.29 is 17.5 Å². The van der Waals surface area contributed by atoms with Crippen LogP contribution in [0.2, 0.25) is 0 Å².